The molecule has 228 valence electrons. The Balaban J connectivity index is 1.35. The zero-order chi connectivity index (χ0) is 30.3. The van der Waals surface area contributed by atoms with Crippen molar-refractivity contribution < 1.29 is 63.8 Å². The average Bonchev–Trinajstić information content (AvgIpc) is 2.97. The molecule has 0 bridgehead atoms. The molecule has 14 heteroatoms. The lowest BCUT2D eigenvalue weighted by Gasteiger charge is -2.42. The topological polar surface area (TPSA) is 218 Å². The van der Waals surface area contributed by atoms with E-state index in [9.17, 15) is 40.5 Å². The van der Waals surface area contributed by atoms with Gasteiger partial charge in [0, 0.05) is 23.8 Å². The molecule has 10 atom stereocenters. The molecule has 0 aliphatic carbocycles. The zero-order valence-electron chi connectivity index (χ0n) is 22.5. The molecule has 0 amide bonds. The normalized spacial score (nSPS) is 33.4. The molecular formula is C28H32O14. The van der Waals surface area contributed by atoms with Crippen LogP contribution in [-0.2, 0) is 14.2 Å². The summed E-state index contributed by atoms with van der Waals surface area (Å²) in [5.41, 5.74) is 0.0115. The van der Waals surface area contributed by atoms with E-state index in [2.05, 4.69) is 0 Å². The van der Waals surface area contributed by atoms with E-state index in [4.69, 9.17) is 28.1 Å². The van der Waals surface area contributed by atoms with Crippen LogP contribution >= 0.6 is 0 Å². The number of hydrogen-bond donors (Lipinski definition) is 7. The van der Waals surface area contributed by atoms with Gasteiger partial charge >= 0.3 is 0 Å². The predicted octanol–water partition coefficient (Wildman–Crippen LogP) is -0.795. The summed E-state index contributed by atoms with van der Waals surface area (Å²) in [7, 11) is 1.52. The number of phenolic OH excluding ortho intramolecular Hbond substituents is 1. The van der Waals surface area contributed by atoms with Crippen molar-refractivity contribution in [3.8, 4) is 28.6 Å². The summed E-state index contributed by atoms with van der Waals surface area (Å²) in [6.45, 7) is 0.984. The van der Waals surface area contributed by atoms with Gasteiger partial charge < -0.3 is 63.8 Å². The number of aromatic hydroxyl groups is 1. The summed E-state index contributed by atoms with van der Waals surface area (Å²) in [5.74, 6) is 0.238. The second-order valence-electron chi connectivity index (χ2n) is 10.2. The summed E-state index contributed by atoms with van der Waals surface area (Å²) >= 11 is 0. The van der Waals surface area contributed by atoms with Crippen LogP contribution in [0.4, 0.5) is 0 Å². The van der Waals surface area contributed by atoms with E-state index >= 15 is 0 Å². The molecule has 2 aromatic carbocycles. The summed E-state index contributed by atoms with van der Waals surface area (Å²) in [6.07, 6.45) is -14.8. The van der Waals surface area contributed by atoms with Crippen molar-refractivity contribution in [1.82, 2.24) is 0 Å². The minimum absolute atomic E-state index is 0.0348. The molecule has 3 aromatic rings. The Hall–Kier alpha value is -3.31. The van der Waals surface area contributed by atoms with Gasteiger partial charge in [0.25, 0.3) is 0 Å². The molecule has 2 aliphatic rings. The van der Waals surface area contributed by atoms with Gasteiger partial charge in [0.2, 0.25) is 6.29 Å². The zero-order valence-corrected chi connectivity index (χ0v) is 22.5. The summed E-state index contributed by atoms with van der Waals surface area (Å²) < 4.78 is 33.2. The fourth-order valence-electron chi connectivity index (χ4n) is 4.84. The van der Waals surface area contributed by atoms with Gasteiger partial charge in [0.05, 0.1) is 19.8 Å². The molecule has 2 saturated heterocycles. The Morgan fingerprint density at radius 1 is 0.786 bits per heavy atom. The van der Waals surface area contributed by atoms with Crippen LogP contribution in [0.15, 0.2) is 51.7 Å². The number of benzene rings is 2. The van der Waals surface area contributed by atoms with Gasteiger partial charge in [0.15, 0.2) is 11.7 Å². The first-order chi connectivity index (χ1) is 20.0. The minimum atomic E-state index is -1.76. The lowest BCUT2D eigenvalue weighted by molar-refractivity contribution is -0.318. The highest BCUT2D eigenvalue weighted by molar-refractivity contribution is 5.86. The lowest BCUT2D eigenvalue weighted by atomic mass is 9.98. The van der Waals surface area contributed by atoms with Crippen LogP contribution in [0.5, 0.6) is 17.2 Å². The number of hydrogen-bond acceptors (Lipinski definition) is 14. The van der Waals surface area contributed by atoms with Gasteiger partial charge in [-0.2, -0.15) is 0 Å². The standard InChI is InChI=1S/C28H32O14/c1-11-21(31)23(33)25(35)27(39-11)38-10-19-22(32)24(34)26(36)28(42-19)40-14-7-15(29)20-16(30)9-17(41-18(20)8-14)12-3-5-13(37-2)6-4-12/h3-9,11,19,21-29,31-36H,10H2,1-2H3/t11-,19+,21+,22+,23+,24-,25+,26+,27+,28+/m0/s1. The summed E-state index contributed by atoms with van der Waals surface area (Å²) in [5, 5.41) is 71.9. The van der Waals surface area contributed by atoms with Crippen molar-refractivity contribution >= 4 is 11.0 Å². The third kappa shape index (κ3) is 5.81. The Morgan fingerprint density at radius 3 is 2.14 bits per heavy atom. The molecule has 42 heavy (non-hydrogen) atoms. The number of methoxy groups -OCH3 is 1. The maximum absolute atomic E-state index is 12.8. The van der Waals surface area contributed by atoms with Crippen LogP contribution in [-0.4, -0.2) is 111 Å². The number of phenols is 1. The van der Waals surface area contributed by atoms with Gasteiger partial charge in [-0.25, -0.2) is 0 Å². The number of ether oxygens (including phenoxy) is 5. The highest BCUT2D eigenvalue weighted by Gasteiger charge is 2.47. The quantitative estimate of drug-likeness (QED) is 0.179. The number of aliphatic hydroxyl groups is 6. The third-order valence-corrected chi connectivity index (χ3v) is 7.31. The molecule has 0 unspecified atom stereocenters. The van der Waals surface area contributed by atoms with E-state index in [1.54, 1.807) is 24.3 Å². The van der Waals surface area contributed by atoms with E-state index in [1.807, 2.05) is 0 Å². The molecule has 2 aliphatic heterocycles. The summed E-state index contributed by atoms with van der Waals surface area (Å²) in [4.78, 5) is 12.8. The average molecular weight is 593 g/mol. The molecule has 1 aromatic heterocycles. The largest absolute Gasteiger partial charge is 0.507 e. The van der Waals surface area contributed by atoms with Crippen LogP contribution in [0.25, 0.3) is 22.3 Å². The lowest BCUT2D eigenvalue weighted by Crippen LogP contribution is -2.61. The van der Waals surface area contributed by atoms with Crippen LogP contribution in [0, 0.1) is 0 Å². The Bertz CT molecular complexity index is 1440. The molecule has 7 N–H and O–H groups in total. The van der Waals surface area contributed by atoms with Gasteiger partial charge in [-0.15, -0.1) is 0 Å². The number of aliphatic hydroxyl groups excluding tert-OH is 6. The third-order valence-electron chi connectivity index (χ3n) is 7.31. The van der Waals surface area contributed by atoms with Crippen molar-refractivity contribution in [2.75, 3.05) is 13.7 Å². The molecule has 14 nitrogen and oxygen atoms in total. The van der Waals surface area contributed by atoms with E-state index in [0.717, 1.165) is 6.07 Å². The molecule has 0 saturated carbocycles. The molecule has 2 fully saturated rings. The summed E-state index contributed by atoms with van der Waals surface area (Å²) in [6, 6.07) is 10.4. The van der Waals surface area contributed by atoms with Crippen molar-refractivity contribution in [1.29, 1.82) is 0 Å². The van der Waals surface area contributed by atoms with Gasteiger partial charge in [-0.3, -0.25) is 4.79 Å². The van der Waals surface area contributed by atoms with Crippen LogP contribution in [0.3, 0.4) is 0 Å². The smallest absolute Gasteiger partial charge is 0.229 e. The van der Waals surface area contributed by atoms with Crippen molar-refractivity contribution in [2.24, 2.45) is 0 Å². The van der Waals surface area contributed by atoms with Crippen molar-refractivity contribution in [3.05, 3.63) is 52.7 Å². The number of fused-ring (bicyclic) bond motifs is 1. The Kier molecular flexibility index (Phi) is 8.71. The molecule has 0 radical (unpaired) electrons. The molecular weight excluding hydrogens is 560 g/mol. The van der Waals surface area contributed by atoms with E-state index in [1.165, 1.54) is 26.2 Å². The molecule has 5 rings (SSSR count). The van der Waals surface area contributed by atoms with Crippen molar-refractivity contribution in [2.45, 2.75) is 68.3 Å². The Morgan fingerprint density at radius 2 is 1.45 bits per heavy atom. The first-order valence-electron chi connectivity index (χ1n) is 13.1. The monoisotopic (exact) mass is 592 g/mol. The van der Waals surface area contributed by atoms with Crippen LogP contribution in [0.2, 0.25) is 0 Å². The molecule has 3 heterocycles. The fourth-order valence-corrected chi connectivity index (χ4v) is 4.84. The second-order valence-corrected chi connectivity index (χ2v) is 10.2. The molecule has 0 spiro atoms. The van der Waals surface area contributed by atoms with Crippen LogP contribution < -0.4 is 14.9 Å². The van der Waals surface area contributed by atoms with Gasteiger partial charge in [0.1, 0.15) is 76.7 Å². The SMILES string of the molecule is COc1ccc(-c2cc(=O)c3c(O)cc(O[C@@H]4O[C@H](CO[C@@H]5O[C@@H](C)[C@@H](O)[C@@H](O)[C@H]5O)[C@@H](O)[C@H](O)[C@H]4O)cc3o2)cc1. The maximum Gasteiger partial charge on any atom is 0.229 e. The second kappa shape index (κ2) is 12.1. The van der Waals surface area contributed by atoms with E-state index < -0.39 is 79.2 Å². The number of rotatable bonds is 7. The first kappa shape index (κ1) is 30.2. The first-order valence-corrected chi connectivity index (χ1v) is 13.1. The Labute approximate surface area is 238 Å². The maximum atomic E-state index is 12.8. The van der Waals surface area contributed by atoms with Crippen LogP contribution in [0.1, 0.15) is 6.92 Å². The van der Waals surface area contributed by atoms with E-state index in [-0.39, 0.29) is 22.5 Å². The van der Waals surface area contributed by atoms with Gasteiger partial charge in [-0.1, -0.05) is 0 Å². The fraction of sp³-hybridized carbons (Fsp3) is 0.464. The van der Waals surface area contributed by atoms with Gasteiger partial charge in [-0.05, 0) is 31.2 Å². The van der Waals surface area contributed by atoms with Crippen molar-refractivity contribution in [3.63, 3.8) is 0 Å². The predicted molar refractivity (Wildman–Crippen MR) is 142 cm³/mol. The highest BCUT2D eigenvalue weighted by Crippen LogP contribution is 2.34. The van der Waals surface area contributed by atoms with E-state index in [0.29, 0.717) is 11.3 Å². The highest BCUT2D eigenvalue weighted by atomic mass is 16.7. The minimum Gasteiger partial charge on any atom is -0.507 e.